The highest BCUT2D eigenvalue weighted by Crippen LogP contribution is 2.32. The van der Waals surface area contributed by atoms with Crippen molar-refractivity contribution in [1.82, 2.24) is 15.1 Å². The summed E-state index contributed by atoms with van der Waals surface area (Å²) in [5, 5.41) is 6.77. The number of nitrogen functional groups attached to an aromatic ring is 1. The van der Waals surface area contributed by atoms with E-state index in [-0.39, 0.29) is 12.1 Å². The molecule has 0 unspecified atom stereocenters. The lowest BCUT2D eigenvalue weighted by Gasteiger charge is -2.28. The first-order valence-electron chi connectivity index (χ1n) is 6.17. The average Bonchev–Trinajstić information content (AvgIpc) is 2.81. The molecule has 2 rings (SSSR count). The summed E-state index contributed by atoms with van der Waals surface area (Å²) in [6.07, 6.45) is 1.59. The van der Waals surface area contributed by atoms with E-state index in [0.29, 0.717) is 12.4 Å². The number of H-pyrrole nitrogens is 1. The predicted molar refractivity (Wildman–Crippen MR) is 67.9 cm³/mol. The zero-order valence-corrected chi connectivity index (χ0v) is 11.1. The summed E-state index contributed by atoms with van der Waals surface area (Å²) in [6.45, 7) is 6.30. The number of hydrogen-bond acceptors (Lipinski definition) is 4. The number of rotatable bonds is 1. The molecule has 0 radical (unpaired) electrons. The van der Waals surface area contributed by atoms with Gasteiger partial charge in [-0.2, -0.15) is 5.10 Å². The van der Waals surface area contributed by atoms with Gasteiger partial charge in [-0.25, -0.2) is 4.79 Å². The van der Waals surface area contributed by atoms with Crippen LogP contribution in [0.25, 0.3) is 0 Å². The summed E-state index contributed by atoms with van der Waals surface area (Å²) in [5.41, 5.74) is 5.99. The van der Waals surface area contributed by atoms with Gasteiger partial charge in [-0.05, 0) is 33.6 Å². The molecule has 1 aromatic heterocycles. The predicted octanol–water partition coefficient (Wildman–Crippen LogP) is 2.06. The van der Waals surface area contributed by atoms with Crippen molar-refractivity contribution in [2.24, 2.45) is 0 Å². The highest BCUT2D eigenvalue weighted by Gasteiger charge is 2.34. The third-order valence-electron chi connectivity index (χ3n) is 2.86. The maximum absolute atomic E-state index is 12.1. The van der Waals surface area contributed by atoms with Gasteiger partial charge < -0.3 is 10.5 Å². The summed E-state index contributed by atoms with van der Waals surface area (Å²) in [7, 11) is 0. The molecule has 6 nitrogen and oxygen atoms in total. The van der Waals surface area contributed by atoms with Gasteiger partial charge in [0.25, 0.3) is 0 Å². The molecule has 1 aliphatic rings. The average molecular weight is 252 g/mol. The van der Waals surface area contributed by atoms with Crippen LogP contribution in [-0.4, -0.2) is 33.3 Å². The van der Waals surface area contributed by atoms with Gasteiger partial charge in [-0.15, -0.1) is 0 Å². The minimum absolute atomic E-state index is 0.00958. The molecule has 1 fully saturated rings. The Morgan fingerprint density at radius 1 is 1.61 bits per heavy atom. The summed E-state index contributed by atoms with van der Waals surface area (Å²) in [6, 6.07) is 1.76. The monoisotopic (exact) mass is 252 g/mol. The molecule has 2 heterocycles. The first-order chi connectivity index (χ1) is 8.37. The zero-order valence-electron chi connectivity index (χ0n) is 11.1. The second-order valence-electron chi connectivity index (χ2n) is 5.58. The zero-order chi connectivity index (χ0) is 13.3. The van der Waals surface area contributed by atoms with Crippen LogP contribution in [0, 0.1) is 0 Å². The second kappa shape index (κ2) is 4.51. The van der Waals surface area contributed by atoms with Crippen LogP contribution in [0.2, 0.25) is 0 Å². The van der Waals surface area contributed by atoms with Crippen LogP contribution in [-0.2, 0) is 4.74 Å². The van der Waals surface area contributed by atoms with Crippen molar-refractivity contribution in [3.63, 3.8) is 0 Å². The first kappa shape index (κ1) is 12.7. The number of nitrogens with zero attached hydrogens (tertiary/aromatic N) is 2. The van der Waals surface area contributed by atoms with E-state index in [1.54, 1.807) is 11.0 Å². The van der Waals surface area contributed by atoms with Gasteiger partial charge in [-0.3, -0.25) is 10.00 Å². The maximum Gasteiger partial charge on any atom is 0.410 e. The molecule has 1 atom stereocenters. The molecule has 0 aliphatic carbocycles. The molecular weight excluding hydrogens is 232 g/mol. The van der Waals surface area contributed by atoms with Gasteiger partial charge in [-0.1, -0.05) is 0 Å². The lowest BCUT2D eigenvalue weighted by Crippen LogP contribution is -2.36. The molecule has 3 N–H and O–H groups in total. The van der Waals surface area contributed by atoms with Gasteiger partial charge in [0.15, 0.2) is 0 Å². The molecule has 0 aromatic carbocycles. The molecule has 6 heteroatoms. The number of anilines is 1. The van der Waals surface area contributed by atoms with Crippen molar-refractivity contribution in [3.8, 4) is 0 Å². The fraction of sp³-hybridized carbons (Fsp3) is 0.667. The number of aromatic amines is 1. The Balaban J connectivity index is 2.10. The highest BCUT2D eigenvalue weighted by atomic mass is 16.6. The second-order valence-corrected chi connectivity index (χ2v) is 5.58. The number of amides is 1. The minimum atomic E-state index is -0.475. The number of hydrogen-bond donors (Lipinski definition) is 2. The SMILES string of the molecule is CC(C)(C)OC(=O)N1CCC[C@H]1c1cc(N)n[nH]1. The topological polar surface area (TPSA) is 84.2 Å². The Hall–Kier alpha value is -1.72. The molecule has 1 aromatic rings. The van der Waals surface area contributed by atoms with E-state index < -0.39 is 5.60 Å². The third kappa shape index (κ3) is 2.75. The van der Waals surface area contributed by atoms with E-state index in [4.69, 9.17) is 10.5 Å². The van der Waals surface area contributed by atoms with E-state index >= 15 is 0 Å². The Morgan fingerprint density at radius 2 is 2.33 bits per heavy atom. The number of aromatic nitrogens is 2. The summed E-state index contributed by atoms with van der Waals surface area (Å²) < 4.78 is 5.40. The van der Waals surface area contributed by atoms with Crippen LogP contribution in [0.5, 0.6) is 0 Å². The molecule has 18 heavy (non-hydrogen) atoms. The summed E-state index contributed by atoms with van der Waals surface area (Å²) in [4.78, 5) is 13.8. The van der Waals surface area contributed by atoms with Crippen molar-refractivity contribution in [1.29, 1.82) is 0 Å². The minimum Gasteiger partial charge on any atom is -0.444 e. The largest absolute Gasteiger partial charge is 0.444 e. The van der Waals surface area contributed by atoms with Crippen LogP contribution >= 0.6 is 0 Å². The summed E-state index contributed by atoms with van der Waals surface area (Å²) in [5.74, 6) is 0.445. The van der Waals surface area contributed by atoms with E-state index in [2.05, 4.69) is 10.2 Å². The van der Waals surface area contributed by atoms with Crippen LogP contribution < -0.4 is 5.73 Å². The van der Waals surface area contributed by atoms with Crippen LogP contribution in [0.4, 0.5) is 10.6 Å². The fourth-order valence-electron chi connectivity index (χ4n) is 2.15. The number of carbonyl (C=O) groups excluding carboxylic acids is 1. The number of nitrogens with one attached hydrogen (secondary N) is 1. The number of likely N-dealkylation sites (tertiary alicyclic amines) is 1. The van der Waals surface area contributed by atoms with Crippen molar-refractivity contribution in [2.45, 2.75) is 45.3 Å². The Morgan fingerprint density at radius 3 is 2.89 bits per heavy atom. The van der Waals surface area contributed by atoms with Gasteiger partial charge in [0.05, 0.1) is 11.7 Å². The molecule has 1 amide bonds. The molecule has 1 aliphatic heterocycles. The van der Waals surface area contributed by atoms with Gasteiger partial charge >= 0.3 is 6.09 Å². The maximum atomic E-state index is 12.1. The number of carbonyl (C=O) groups is 1. The quantitative estimate of drug-likeness (QED) is 0.801. The fourth-order valence-corrected chi connectivity index (χ4v) is 2.15. The summed E-state index contributed by atoms with van der Waals surface area (Å²) >= 11 is 0. The normalized spacial score (nSPS) is 20.2. The lowest BCUT2D eigenvalue weighted by atomic mass is 10.1. The van der Waals surface area contributed by atoms with E-state index in [1.165, 1.54) is 0 Å². The number of nitrogens with two attached hydrogens (primary N) is 1. The van der Waals surface area contributed by atoms with Gasteiger partial charge in [0.2, 0.25) is 0 Å². The standard InChI is InChI=1S/C12H20N4O2/c1-12(2,3)18-11(17)16-6-4-5-9(16)8-7-10(13)15-14-8/h7,9H,4-6H2,1-3H3,(H3,13,14,15)/t9-/m0/s1. The lowest BCUT2D eigenvalue weighted by molar-refractivity contribution is 0.0221. The van der Waals surface area contributed by atoms with Crippen molar-refractivity contribution in [2.75, 3.05) is 12.3 Å². The molecule has 1 saturated heterocycles. The van der Waals surface area contributed by atoms with Crippen LogP contribution in [0.15, 0.2) is 6.07 Å². The first-order valence-corrected chi connectivity index (χ1v) is 6.17. The molecular formula is C12H20N4O2. The Kier molecular flexibility index (Phi) is 3.19. The van der Waals surface area contributed by atoms with E-state index in [0.717, 1.165) is 18.5 Å². The highest BCUT2D eigenvalue weighted by molar-refractivity contribution is 5.69. The van der Waals surface area contributed by atoms with Gasteiger partial charge in [0.1, 0.15) is 11.4 Å². The Bertz CT molecular complexity index is 436. The van der Waals surface area contributed by atoms with E-state index in [1.807, 2.05) is 20.8 Å². The smallest absolute Gasteiger partial charge is 0.410 e. The van der Waals surface area contributed by atoms with Crippen LogP contribution in [0.1, 0.15) is 45.3 Å². The van der Waals surface area contributed by atoms with Gasteiger partial charge in [0, 0.05) is 12.6 Å². The van der Waals surface area contributed by atoms with Crippen molar-refractivity contribution >= 4 is 11.9 Å². The molecule has 0 saturated carbocycles. The third-order valence-corrected chi connectivity index (χ3v) is 2.86. The number of ether oxygens (including phenoxy) is 1. The molecule has 0 spiro atoms. The van der Waals surface area contributed by atoms with Crippen LogP contribution in [0.3, 0.4) is 0 Å². The molecule has 0 bridgehead atoms. The Labute approximate surface area is 106 Å². The van der Waals surface area contributed by atoms with Crippen molar-refractivity contribution in [3.05, 3.63) is 11.8 Å². The van der Waals surface area contributed by atoms with E-state index in [9.17, 15) is 4.79 Å². The van der Waals surface area contributed by atoms with Crippen molar-refractivity contribution < 1.29 is 9.53 Å². The molecule has 100 valence electrons.